The van der Waals surface area contributed by atoms with Crippen LogP contribution < -0.4 is 20.8 Å². The van der Waals surface area contributed by atoms with Gasteiger partial charge in [0, 0.05) is 23.4 Å². The third-order valence-electron chi connectivity index (χ3n) is 6.87. The van der Waals surface area contributed by atoms with Crippen molar-refractivity contribution in [1.29, 1.82) is 0 Å². The van der Waals surface area contributed by atoms with Crippen LogP contribution in [0.25, 0.3) is 32.6 Å². The van der Waals surface area contributed by atoms with Crippen molar-refractivity contribution in [2.45, 2.75) is 38.5 Å². The van der Waals surface area contributed by atoms with Crippen LogP contribution in [-0.2, 0) is 7.05 Å². The number of benzene rings is 3. The predicted molar refractivity (Wildman–Crippen MR) is 122 cm³/mol. The van der Waals surface area contributed by atoms with Crippen molar-refractivity contribution < 1.29 is 9.53 Å². The zero-order valence-electron chi connectivity index (χ0n) is 17.9. The summed E-state index contributed by atoms with van der Waals surface area (Å²) in [5.41, 5.74) is 2.84. The summed E-state index contributed by atoms with van der Waals surface area (Å²) in [4.78, 5) is 26.0. The quantitative estimate of drug-likeness (QED) is 0.427. The maximum absolute atomic E-state index is 13.7. The van der Waals surface area contributed by atoms with Gasteiger partial charge in [-0.05, 0) is 55.3 Å². The Balaban J connectivity index is 1.80. The normalized spacial score (nSPS) is 21.5. The van der Waals surface area contributed by atoms with E-state index >= 15 is 0 Å². The van der Waals surface area contributed by atoms with Crippen LogP contribution in [0.3, 0.4) is 0 Å². The smallest absolute Gasteiger partial charge is 0.315 e. The summed E-state index contributed by atoms with van der Waals surface area (Å²) in [7, 11) is 1.98. The second-order valence-corrected chi connectivity index (χ2v) is 9.21. The molecule has 156 valence electrons. The summed E-state index contributed by atoms with van der Waals surface area (Å²) < 4.78 is 8.45. The molecule has 0 bridgehead atoms. The molecule has 1 saturated heterocycles. The number of nitrogens with one attached hydrogen (secondary N) is 2. The standard InChI is InChI=1S/C25H23N3O3/c1-12-9-17-19(20-23(25(2,3)31-17)27-24(30)26-20)21-18(12)22(29)15-10-13-7-5-6-8-14(13)11-16(15)28(21)4/h5-11,20,23H,1-4H3,(H2,26,27,30). The van der Waals surface area contributed by atoms with Crippen molar-refractivity contribution in [3.63, 3.8) is 0 Å². The van der Waals surface area contributed by atoms with Gasteiger partial charge in [-0.2, -0.15) is 0 Å². The van der Waals surface area contributed by atoms with Gasteiger partial charge in [0.05, 0.1) is 23.1 Å². The molecule has 3 aromatic carbocycles. The molecule has 0 spiro atoms. The summed E-state index contributed by atoms with van der Waals surface area (Å²) in [5.74, 6) is 0.718. The summed E-state index contributed by atoms with van der Waals surface area (Å²) in [6.07, 6.45) is 0. The minimum absolute atomic E-state index is 0.00724. The van der Waals surface area contributed by atoms with E-state index in [1.807, 2.05) is 58.2 Å². The molecule has 31 heavy (non-hydrogen) atoms. The molecule has 2 aliphatic heterocycles. The average molecular weight is 413 g/mol. The highest BCUT2D eigenvalue weighted by Gasteiger charge is 2.50. The lowest BCUT2D eigenvalue weighted by Gasteiger charge is -2.41. The van der Waals surface area contributed by atoms with E-state index in [1.165, 1.54) is 0 Å². The molecule has 2 N–H and O–H groups in total. The molecule has 4 aromatic rings. The van der Waals surface area contributed by atoms with Crippen LogP contribution in [0.1, 0.15) is 31.0 Å². The predicted octanol–water partition coefficient (Wildman–Crippen LogP) is 4.05. The van der Waals surface area contributed by atoms with E-state index in [1.54, 1.807) is 0 Å². The number of carbonyl (C=O) groups is 1. The van der Waals surface area contributed by atoms with Gasteiger partial charge in [0.25, 0.3) is 0 Å². The van der Waals surface area contributed by atoms with Crippen LogP contribution in [-0.4, -0.2) is 22.2 Å². The van der Waals surface area contributed by atoms with Crippen LogP contribution in [0.2, 0.25) is 0 Å². The third kappa shape index (κ3) is 2.33. The second kappa shape index (κ2) is 5.78. The van der Waals surface area contributed by atoms with Crippen molar-refractivity contribution in [1.82, 2.24) is 15.2 Å². The Morgan fingerprint density at radius 3 is 2.48 bits per heavy atom. The number of nitrogens with zero attached hydrogens (tertiary/aromatic N) is 1. The molecule has 2 aliphatic rings. The van der Waals surface area contributed by atoms with Crippen molar-refractivity contribution in [3.05, 3.63) is 63.8 Å². The number of carbonyl (C=O) groups excluding carboxylic acids is 1. The van der Waals surface area contributed by atoms with Crippen molar-refractivity contribution in [2.24, 2.45) is 7.05 Å². The number of fused-ring (bicyclic) bond motifs is 7. The van der Waals surface area contributed by atoms with Gasteiger partial charge in [0.15, 0.2) is 5.43 Å². The molecule has 0 aliphatic carbocycles. The molecule has 6 nitrogen and oxygen atoms in total. The first-order valence-corrected chi connectivity index (χ1v) is 10.5. The van der Waals surface area contributed by atoms with Crippen LogP contribution in [0.5, 0.6) is 5.75 Å². The lowest BCUT2D eigenvalue weighted by Crippen LogP contribution is -2.53. The number of aromatic nitrogens is 1. The SMILES string of the molecule is Cc1cc2c(c3c1c(=O)c1cc4ccccc4cc1n3C)C1NC(=O)NC1C(C)(C)O2. The molecule has 2 unspecified atom stereocenters. The fourth-order valence-electron chi connectivity index (χ4n) is 5.40. The number of urea groups is 1. The highest BCUT2D eigenvalue weighted by molar-refractivity contribution is 6.03. The summed E-state index contributed by atoms with van der Waals surface area (Å²) in [6.45, 7) is 5.91. The minimum Gasteiger partial charge on any atom is -0.485 e. The zero-order valence-corrected chi connectivity index (χ0v) is 17.9. The van der Waals surface area contributed by atoms with E-state index in [0.717, 1.165) is 38.7 Å². The highest BCUT2D eigenvalue weighted by atomic mass is 16.5. The molecule has 2 atom stereocenters. The summed E-state index contributed by atoms with van der Waals surface area (Å²) in [5, 5.41) is 9.55. The zero-order chi connectivity index (χ0) is 21.7. The van der Waals surface area contributed by atoms with Crippen LogP contribution in [0.4, 0.5) is 4.79 Å². The van der Waals surface area contributed by atoms with Gasteiger partial charge in [-0.3, -0.25) is 4.79 Å². The molecule has 6 heteroatoms. The topological polar surface area (TPSA) is 72.4 Å². The van der Waals surface area contributed by atoms with E-state index in [-0.39, 0.29) is 23.5 Å². The van der Waals surface area contributed by atoms with E-state index in [9.17, 15) is 9.59 Å². The molecule has 6 rings (SSSR count). The molecule has 1 fully saturated rings. The average Bonchev–Trinajstić information content (AvgIpc) is 3.12. The molecular formula is C25H23N3O3. The Bertz CT molecular complexity index is 1520. The van der Waals surface area contributed by atoms with E-state index in [0.29, 0.717) is 10.8 Å². The van der Waals surface area contributed by atoms with Crippen LogP contribution in [0, 0.1) is 6.92 Å². The molecular weight excluding hydrogens is 390 g/mol. The largest absolute Gasteiger partial charge is 0.485 e. The van der Waals surface area contributed by atoms with Crippen molar-refractivity contribution in [2.75, 3.05) is 0 Å². The molecule has 2 amide bonds. The molecule has 1 aromatic heterocycles. The van der Waals surface area contributed by atoms with E-state index < -0.39 is 5.60 Å². The number of ether oxygens (including phenoxy) is 1. The second-order valence-electron chi connectivity index (χ2n) is 9.21. The van der Waals surface area contributed by atoms with Gasteiger partial charge in [0.1, 0.15) is 11.4 Å². The van der Waals surface area contributed by atoms with Gasteiger partial charge in [-0.15, -0.1) is 0 Å². The van der Waals surface area contributed by atoms with Crippen molar-refractivity contribution >= 4 is 38.6 Å². The maximum atomic E-state index is 13.7. The Morgan fingerprint density at radius 2 is 1.74 bits per heavy atom. The minimum atomic E-state index is -0.580. The fourth-order valence-corrected chi connectivity index (χ4v) is 5.40. The number of aryl methyl sites for hydroxylation is 2. The lowest BCUT2D eigenvalue weighted by atomic mass is 9.83. The molecule has 3 heterocycles. The molecule has 0 saturated carbocycles. The summed E-state index contributed by atoms with van der Waals surface area (Å²) in [6, 6.07) is 13.3. The fraction of sp³-hybridized carbons (Fsp3) is 0.280. The number of amides is 2. The van der Waals surface area contributed by atoms with Gasteiger partial charge in [-0.25, -0.2) is 4.79 Å². The van der Waals surface area contributed by atoms with Crippen molar-refractivity contribution in [3.8, 4) is 5.75 Å². The Kier molecular flexibility index (Phi) is 3.40. The third-order valence-corrected chi connectivity index (χ3v) is 6.87. The van der Waals surface area contributed by atoms with Gasteiger partial charge in [0.2, 0.25) is 0 Å². The number of hydrogen-bond donors (Lipinski definition) is 2. The Hall–Kier alpha value is -3.54. The Labute approximate surface area is 178 Å². The monoisotopic (exact) mass is 413 g/mol. The first-order valence-electron chi connectivity index (χ1n) is 10.5. The number of rotatable bonds is 0. The maximum Gasteiger partial charge on any atom is 0.315 e. The summed E-state index contributed by atoms with van der Waals surface area (Å²) >= 11 is 0. The number of pyridine rings is 1. The van der Waals surface area contributed by atoms with Gasteiger partial charge < -0.3 is 19.9 Å². The van der Waals surface area contributed by atoms with Crippen LogP contribution in [0.15, 0.2) is 47.3 Å². The van der Waals surface area contributed by atoms with Crippen LogP contribution >= 0.6 is 0 Å². The number of hydrogen-bond acceptors (Lipinski definition) is 3. The highest BCUT2D eigenvalue weighted by Crippen LogP contribution is 2.45. The first kappa shape index (κ1) is 18.2. The van der Waals surface area contributed by atoms with Gasteiger partial charge >= 0.3 is 6.03 Å². The van der Waals surface area contributed by atoms with Gasteiger partial charge in [-0.1, -0.05) is 24.3 Å². The Morgan fingerprint density at radius 1 is 1.03 bits per heavy atom. The van der Waals surface area contributed by atoms with E-state index in [4.69, 9.17) is 4.74 Å². The van der Waals surface area contributed by atoms with E-state index in [2.05, 4.69) is 27.3 Å². The lowest BCUT2D eigenvalue weighted by molar-refractivity contribution is 0.0471. The molecule has 0 radical (unpaired) electrons. The first-order chi connectivity index (χ1) is 14.8.